The van der Waals surface area contributed by atoms with Crippen LogP contribution in [0.1, 0.15) is 17.8 Å². The lowest BCUT2D eigenvalue weighted by atomic mass is 10.4. The summed E-state index contributed by atoms with van der Waals surface area (Å²) in [5.41, 5.74) is 0.882. The maximum atomic E-state index is 12.9. The second-order valence-corrected chi connectivity index (χ2v) is 9.62. The van der Waals surface area contributed by atoms with Crippen LogP contribution in [0.25, 0.3) is 0 Å². The molecule has 0 aliphatic carbocycles. The fourth-order valence-corrected chi connectivity index (χ4v) is 6.09. The molecule has 0 amide bonds. The summed E-state index contributed by atoms with van der Waals surface area (Å²) in [6.07, 6.45) is 2.95. The molecule has 1 saturated heterocycles. The van der Waals surface area contributed by atoms with Crippen molar-refractivity contribution in [3.8, 4) is 0 Å². The van der Waals surface area contributed by atoms with Crippen molar-refractivity contribution in [2.24, 2.45) is 0 Å². The van der Waals surface area contributed by atoms with Gasteiger partial charge in [-0.05, 0) is 20.3 Å². The van der Waals surface area contributed by atoms with Crippen LogP contribution in [0.2, 0.25) is 0 Å². The number of H-pyrrole nitrogens is 2. The fourth-order valence-electron chi connectivity index (χ4n) is 2.92. The predicted octanol–water partition coefficient (Wildman–Crippen LogP) is -0.165. The Morgan fingerprint density at radius 1 is 1.00 bits per heavy atom. The van der Waals surface area contributed by atoms with Crippen LogP contribution in [0.3, 0.4) is 0 Å². The molecule has 0 aromatic carbocycles. The number of nitrogens with zero attached hydrogens (tertiary/aromatic N) is 4. The SMILES string of the molecule is Cc1n[nH]c(C)c1S(=O)(=O)N1CCCN(S(=O)(=O)c2cnc[nH]2)CC1. The zero-order valence-corrected chi connectivity index (χ0v) is 15.6. The molecule has 2 N–H and O–H groups in total. The summed E-state index contributed by atoms with van der Waals surface area (Å²) < 4.78 is 53.6. The highest BCUT2D eigenvalue weighted by molar-refractivity contribution is 7.89. The molecule has 0 saturated carbocycles. The molecule has 0 bridgehead atoms. The van der Waals surface area contributed by atoms with Crippen LogP contribution < -0.4 is 0 Å². The highest BCUT2D eigenvalue weighted by atomic mass is 32.2. The van der Waals surface area contributed by atoms with E-state index in [0.717, 1.165) is 0 Å². The number of aryl methyl sites for hydroxylation is 2. The topological polar surface area (TPSA) is 132 Å². The van der Waals surface area contributed by atoms with E-state index >= 15 is 0 Å². The van der Waals surface area contributed by atoms with Gasteiger partial charge in [0.15, 0.2) is 5.03 Å². The predicted molar refractivity (Wildman–Crippen MR) is 88.8 cm³/mol. The van der Waals surface area contributed by atoms with Crippen LogP contribution in [-0.2, 0) is 20.0 Å². The van der Waals surface area contributed by atoms with Crippen LogP contribution in [0.4, 0.5) is 0 Å². The molecule has 0 unspecified atom stereocenters. The van der Waals surface area contributed by atoms with Gasteiger partial charge in [-0.1, -0.05) is 0 Å². The summed E-state index contributed by atoms with van der Waals surface area (Å²) in [7, 11) is -7.43. The van der Waals surface area contributed by atoms with Crippen molar-refractivity contribution in [3.05, 3.63) is 23.9 Å². The Morgan fingerprint density at radius 2 is 1.64 bits per heavy atom. The molecule has 10 nitrogen and oxygen atoms in total. The molecule has 1 aliphatic rings. The molecule has 1 fully saturated rings. The number of imidazole rings is 1. The smallest absolute Gasteiger partial charge is 0.260 e. The Morgan fingerprint density at radius 3 is 2.16 bits per heavy atom. The van der Waals surface area contributed by atoms with Crippen LogP contribution in [0.15, 0.2) is 22.4 Å². The summed E-state index contributed by atoms with van der Waals surface area (Å²) in [6, 6.07) is 0. The van der Waals surface area contributed by atoms with E-state index in [0.29, 0.717) is 17.8 Å². The standard InChI is InChI=1S/C13H20N6O4S2/c1-10-13(11(2)17-16-10)25(22,23)19-5-3-4-18(6-7-19)24(20,21)12-8-14-9-15-12/h8-9H,3-7H2,1-2H3,(H,14,15)(H,16,17). The highest BCUT2D eigenvalue weighted by Gasteiger charge is 2.34. The number of nitrogens with one attached hydrogen (secondary N) is 2. The zero-order valence-electron chi connectivity index (χ0n) is 13.9. The van der Waals surface area contributed by atoms with Gasteiger partial charge >= 0.3 is 0 Å². The second-order valence-electron chi connectivity index (χ2n) is 5.84. The van der Waals surface area contributed by atoms with Crippen LogP contribution >= 0.6 is 0 Å². The van der Waals surface area contributed by atoms with E-state index in [2.05, 4.69) is 20.2 Å². The minimum absolute atomic E-state index is 0.00494. The Labute approximate surface area is 146 Å². The lowest BCUT2D eigenvalue weighted by Crippen LogP contribution is -2.37. The molecule has 0 spiro atoms. The molecule has 12 heteroatoms. The van der Waals surface area contributed by atoms with E-state index in [-0.39, 0.29) is 36.1 Å². The van der Waals surface area contributed by atoms with Gasteiger partial charge in [-0.2, -0.15) is 13.7 Å². The van der Waals surface area contributed by atoms with Crippen LogP contribution in [-0.4, -0.2) is 71.8 Å². The van der Waals surface area contributed by atoms with Crippen LogP contribution in [0.5, 0.6) is 0 Å². The molecule has 1 aliphatic heterocycles. The lowest BCUT2D eigenvalue weighted by Gasteiger charge is -2.21. The third-order valence-electron chi connectivity index (χ3n) is 4.16. The van der Waals surface area contributed by atoms with Crippen molar-refractivity contribution >= 4 is 20.0 Å². The number of hydrogen-bond donors (Lipinski definition) is 2. The molecule has 0 atom stereocenters. The third-order valence-corrected chi connectivity index (χ3v) is 8.15. The highest BCUT2D eigenvalue weighted by Crippen LogP contribution is 2.24. The van der Waals surface area contributed by atoms with Crippen molar-refractivity contribution in [2.75, 3.05) is 26.2 Å². The van der Waals surface area contributed by atoms with Gasteiger partial charge in [-0.3, -0.25) is 5.10 Å². The fraction of sp³-hybridized carbons (Fsp3) is 0.538. The average Bonchev–Trinajstić information content (AvgIpc) is 3.11. The Kier molecular flexibility index (Phi) is 4.70. The van der Waals surface area contributed by atoms with Gasteiger partial charge in [-0.25, -0.2) is 21.8 Å². The first kappa shape index (κ1) is 18.0. The summed E-state index contributed by atoms with van der Waals surface area (Å²) in [6.45, 7) is 3.94. The van der Waals surface area contributed by atoms with Gasteiger partial charge in [0, 0.05) is 26.2 Å². The minimum atomic E-state index is -3.73. The first-order valence-electron chi connectivity index (χ1n) is 7.75. The minimum Gasteiger partial charge on any atom is -0.335 e. The van der Waals surface area contributed by atoms with E-state index in [1.165, 1.54) is 21.1 Å². The summed E-state index contributed by atoms with van der Waals surface area (Å²) in [5.74, 6) is 0. The normalized spacial score (nSPS) is 18.3. The summed E-state index contributed by atoms with van der Waals surface area (Å²) in [4.78, 5) is 6.49. The molecular weight excluding hydrogens is 368 g/mol. The largest absolute Gasteiger partial charge is 0.335 e. The number of aromatic amines is 2. The van der Waals surface area contributed by atoms with Gasteiger partial charge < -0.3 is 4.98 Å². The first-order chi connectivity index (χ1) is 11.7. The Hall–Kier alpha value is -1.76. The molecule has 25 heavy (non-hydrogen) atoms. The average molecular weight is 388 g/mol. The number of rotatable bonds is 4. The zero-order chi connectivity index (χ0) is 18.2. The van der Waals surface area contributed by atoms with Crippen molar-refractivity contribution in [1.82, 2.24) is 28.8 Å². The van der Waals surface area contributed by atoms with Gasteiger partial charge in [-0.15, -0.1) is 0 Å². The van der Waals surface area contributed by atoms with Crippen LogP contribution in [0, 0.1) is 13.8 Å². The Bertz CT molecular complexity index is 929. The monoisotopic (exact) mass is 388 g/mol. The second kappa shape index (κ2) is 6.52. The van der Waals surface area contributed by atoms with E-state index in [9.17, 15) is 16.8 Å². The third kappa shape index (κ3) is 3.21. The summed E-state index contributed by atoms with van der Waals surface area (Å²) in [5, 5.41) is 6.62. The van der Waals surface area contributed by atoms with Gasteiger partial charge in [0.05, 0.1) is 23.9 Å². The quantitative estimate of drug-likeness (QED) is 0.748. The lowest BCUT2D eigenvalue weighted by molar-refractivity contribution is 0.403. The first-order valence-corrected chi connectivity index (χ1v) is 10.6. The van der Waals surface area contributed by atoms with Gasteiger partial charge in [0.2, 0.25) is 10.0 Å². The number of sulfonamides is 2. The van der Waals surface area contributed by atoms with Gasteiger partial charge in [0.1, 0.15) is 4.90 Å². The van der Waals surface area contributed by atoms with Gasteiger partial charge in [0.25, 0.3) is 10.0 Å². The van der Waals surface area contributed by atoms with E-state index < -0.39 is 20.0 Å². The molecular formula is C13H20N6O4S2. The Balaban J connectivity index is 1.83. The van der Waals surface area contributed by atoms with Crippen molar-refractivity contribution in [2.45, 2.75) is 30.2 Å². The van der Waals surface area contributed by atoms with E-state index in [4.69, 9.17) is 0 Å². The molecule has 3 rings (SSSR count). The summed E-state index contributed by atoms with van der Waals surface area (Å²) >= 11 is 0. The molecule has 2 aromatic rings. The molecule has 0 radical (unpaired) electrons. The molecule has 3 heterocycles. The maximum Gasteiger partial charge on any atom is 0.260 e. The molecule has 2 aromatic heterocycles. The van der Waals surface area contributed by atoms with Crippen molar-refractivity contribution in [3.63, 3.8) is 0 Å². The van der Waals surface area contributed by atoms with Crippen molar-refractivity contribution in [1.29, 1.82) is 0 Å². The maximum absolute atomic E-state index is 12.9. The van der Waals surface area contributed by atoms with Crippen molar-refractivity contribution < 1.29 is 16.8 Å². The van der Waals surface area contributed by atoms with E-state index in [1.54, 1.807) is 13.8 Å². The van der Waals surface area contributed by atoms with E-state index in [1.807, 2.05) is 0 Å². The number of hydrogen-bond acceptors (Lipinski definition) is 6. The number of aromatic nitrogens is 4. The molecule has 138 valence electrons.